The molecule has 3 fully saturated rings. The zero-order valence-electron chi connectivity index (χ0n) is 16.1. The van der Waals surface area contributed by atoms with Crippen molar-refractivity contribution in [1.29, 1.82) is 0 Å². The van der Waals surface area contributed by atoms with Gasteiger partial charge < -0.3 is 5.32 Å². The summed E-state index contributed by atoms with van der Waals surface area (Å²) in [7, 11) is 0. The Hall–Kier alpha value is -1.93. The molecule has 0 bridgehead atoms. The van der Waals surface area contributed by atoms with E-state index in [1.807, 2.05) is 18.2 Å². The lowest BCUT2D eigenvalue weighted by Gasteiger charge is -2.36. The third-order valence-electron chi connectivity index (χ3n) is 7.06. The van der Waals surface area contributed by atoms with Crippen LogP contribution < -0.4 is 10.2 Å². The first kappa shape index (κ1) is 19.7. The summed E-state index contributed by atoms with van der Waals surface area (Å²) >= 11 is 15.8. The van der Waals surface area contributed by atoms with Gasteiger partial charge in [0.1, 0.15) is 5.54 Å². The van der Waals surface area contributed by atoms with Crippen LogP contribution in [0.15, 0.2) is 40.9 Å². The van der Waals surface area contributed by atoms with Crippen LogP contribution in [0.2, 0.25) is 10.0 Å². The summed E-state index contributed by atoms with van der Waals surface area (Å²) in [5.41, 5.74) is 0.575. The average molecular weight is 521 g/mol. The van der Waals surface area contributed by atoms with E-state index in [1.54, 1.807) is 18.2 Å². The largest absolute Gasteiger partial charge is 0.324 e. The van der Waals surface area contributed by atoms with E-state index in [0.717, 1.165) is 22.9 Å². The molecule has 3 amide bonds. The van der Waals surface area contributed by atoms with E-state index in [1.165, 1.54) is 4.90 Å². The topological polar surface area (TPSA) is 69.7 Å². The normalized spacial score (nSPS) is 31.4. The molecule has 0 saturated carbocycles. The van der Waals surface area contributed by atoms with Gasteiger partial charge in [-0.2, -0.15) is 0 Å². The Bertz CT molecular complexity index is 1180. The van der Waals surface area contributed by atoms with Gasteiger partial charge in [-0.15, -0.1) is 0 Å². The number of carbonyl (C=O) groups is 3. The Morgan fingerprint density at radius 2 is 1.77 bits per heavy atom. The summed E-state index contributed by atoms with van der Waals surface area (Å²) in [6, 6.07) is 10.1. The minimum atomic E-state index is -1.20. The molecule has 9 heteroatoms. The van der Waals surface area contributed by atoms with Crippen molar-refractivity contribution in [3.8, 4) is 0 Å². The molecular formula is C22H16BrCl2N3O3. The summed E-state index contributed by atoms with van der Waals surface area (Å²) in [6.45, 7) is 0.667. The van der Waals surface area contributed by atoms with Crippen LogP contribution in [-0.4, -0.2) is 35.2 Å². The van der Waals surface area contributed by atoms with Crippen molar-refractivity contribution in [2.45, 2.75) is 24.4 Å². The van der Waals surface area contributed by atoms with Gasteiger partial charge in [0.05, 0.1) is 17.5 Å². The van der Waals surface area contributed by atoms with Crippen molar-refractivity contribution in [2.75, 3.05) is 16.8 Å². The Labute approximate surface area is 196 Å². The lowest BCUT2D eigenvalue weighted by Crippen LogP contribution is -2.54. The number of benzene rings is 2. The monoisotopic (exact) mass is 519 g/mol. The summed E-state index contributed by atoms with van der Waals surface area (Å²) < 4.78 is 0.816. The zero-order valence-corrected chi connectivity index (χ0v) is 19.2. The van der Waals surface area contributed by atoms with Crippen LogP contribution >= 0.6 is 39.1 Å². The zero-order chi connectivity index (χ0) is 21.7. The van der Waals surface area contributed by atoms with Gasteiger partial charge in [-0.1, -0.05) is 39.1 Å². The predicted molar refractivity (Wildman–Crippen MR) is 120 cm³/mol. The van der Waals surface area contributed by atoms with E-state index in [-0.39, 0.29) is 23.8 Å². The molecule has 2 aromatic rings. The highest BCUT2D eigenvalue weighted by Gasteiger charge is 2.74. The highest BCUT2D eigenvalue weighted by molar-refractivity contribution is 9.10. The molecule has 4 heterocycles. The molecule has 3 saturated heterocycles. The lowest BCUT2D eigenvalue weighted by molar-refractivity contribution is -0.135. The minimum absolute atomic E-state index is 0.170. The highest BCUT2D eigenvalue weighted by atomic mass is 79.9. The van der Waals surface area contributed by atoms with Crippen molar-refractivity contribution in [2.24, 2.45) is 11.8 Å². The first-order chi connectivity index (χ1) is 14.8. The van der Waals surface area contributed by atoms with Crippen molar-refractivity contribution >= 4 is 68.2 Å². The van der Waals surface area contributed by atoms with Crippen LogP contribution in [-0.2, 0) is 19.9 Å². The van der Waals surface area contributed by atoms with E-state index in [4.69, 9.17) is 23.2 Å². The van der Waals surface area contributed by atoms with Crippen LogP contribution in [0.4, 0.5) is 11.4 Å². The number of imide groups is 1. The standard InChI is InChI=1S/C22H16BrCl2N3O3/c23-10-3-4-15-14(6-10)22(21(31)26-15)18-17(16-2-1-5-27(16)22)19(29)28(20(18)30)13-8-11(24)7-12(25)9-13/h3-4,6-9,16-18H,1-2,5H2,(H,26,31)/t16-,17+,18-,22+/m0/s1. The van der Waals surface area contributed by atoms with Crippen LogP contribution in [0.1, 0.15) is 18.4 Å². The summed E-state index contributed by atoms with van der Waals surface area (Å²) in [5, 5.41) is 3.64. The molecule has 31 heavy (non-hydrogen) atoms. The third kappa shape index (κ3) is 2.40. The van der Waals surface area contributed by atoms with Crippen molar-refractivity contribution in [3.63, 3.8) is 0 Å². The molecule has 158 valence electrons. The second kappa shape index (κ2) is 6.54. The SMILES string of the molecule is O=C1[C@H]2[C@@H](C(=O)N1c1cc(Cl)cc(Cl)c1)[C@]1(C(=O)Nc3ccc(Br)cc31)N1CCC[C@@H]21. The molecule has 0 radical (unpaired) electrons. The van der Waals surface area contributed by atoms with Crippen molar-refractivity contribution in [3.05, 3.63) is 56.5 Å². The maximum Gasteiger partial charge on any atom is 0.250 e. The van der Waals surface area contributed by atoms with E-state index in [9.17, 15) is 14.4 Å². The average Bonchev–Trinajstić information content (AvgIpc) is 3.39. The van der Waals surface area contributed by atoms with Crippen molar-refractivity contribution in [1.82, 2.24) is 4.90 Å². The molecule has 1 spiro atoms. The maximum absolute atomic E-state index is 13.9. The van der Waals surface area contributed by atoms with Crippen LogP contribution in [0.3, 0.4) is 0 Å². The minimum Gasteiger partial charge on any atom is -0.324 e. The van der Waals surface area contributed by atoms with Gasteiger partial charge in [0.25, 0.3) is 0 Å². The number of nitrogens with zero attached hydrogens (tertiary/aromatic N) is 2. The molecule has 0 aliphatic carbocycles. The number of halogens is 3. The number of carbonyl (C=O) groups excluding carboxylic acids is 3. The molecule has 1 N–H and O–H groups in total. The molecule has 4 atom stereocenters. The van der Waals surface area contributed by atoms with Gasteiger partial charge in [-0.25, -0.2) is 4.90 Å². The Kier molecular flexibility index (Phi) is 4.16. The van der Waals surface area contributed by atoms with Crippen molar-refractivity contribution < 1.29 is 14.4 Å². The predicted octanol–water partition coefficient (Wildman–Crippen LogP) is 4.19. The fraction of sp³-hybridized carbons (Fsp3) is 0.318. The van der Waals surface area contributed by atoms with E-state index < -0.39 is 17.4 Å². The van der Waals surface area contributed by atoms with E-state index in [0.29, 0.717) is 28.0 Å². The Morgan fingerprint density at radius 3 is 2.52 bits per heavy atom. The van der Waals surface area contributed by atoms with Gasteiger partial charge in [-0.3, -0.25) is 19.3 Å². The first-order valence-corrected chi connectivity index (χ1v) is 11.6. The Balaban J connectivity index is 1.57. The molecule has 4 aliphatic heterocycles. The summed E-state index contributed by atoms with van der Waals surface area (Å²) in [6.07, 6.45) is 1.64. The number of hydrogen-bond acceptors (Lipinski definition) is 4. The number of fused-ring (bicyclic) bond motifs is 7. The molecular weight excluding hydrogens is 505 g/mol. The molecule has 4 aliphatic rings. The van der Waals surface area contributed by atoms with Crippen LogP contribution in [0, 0.1) is 11.8 Å². The Morgan fingerprint density at radius 1 is 1.03 bits per heavy atom. The van der Waals surface area contributed by atoms with Gasteiger partial charge in [0, 0.05) is 31.8 Å². The molecule has 0 aromatic heterocycles. The smallest absolute Gasteiger partial charge is 0.250 e. The third-order valence-corrected chi connectivity index (χ3v) is 7.99. The number of amides is 3. The second-order valence-electron chi connectivity index (χ2n) is 8.46. The summed E-state index contributed by atoms with van der Waals surface area (Å²) in [4.78, 5) is 44.3. The first-order valence-electron chi connectivity index (χ1n) is 10.1. The van der Waals surface area contributed by atoms with Gasteiger partial charge >= 0.3 is 0 Å². The fourth-order valence-electron chi connectivity index (χ4n) is 6.10. The van der Waals surface area contributed by atoms with E-state index >= 15 is 0 Å². The van der Waals surface area contributed by atoms with Gasteiger partial charge in [0.2, 0.25) is 17.7 Å². The molecule has 6 rings (SSSR count). The molecule has 2 aromatic carbocycles. The number of rotatable bonds is 1. The van der Waals surface area contributed by atoms with Crippen LogP contribution in [0.5, 0.6) is 0 Å². The quantitative estimate of drug-likeness (QED) is 0.572. The summed E-state index contributed by atoms with van der Waals surface area (Å²) in [5.74, 6) is -2.32. The highest BCUT2D eigenvalue weighted by Crippen LogP contribution is 2.61. The fourth-order valence-corrected chi connectivity index (χ4v) is 6.97. The van der Waals surface area contributed by atoms with Crippen LogP contribution in [0.25, 0.3) is 0 Å². The maximum atomic E-state index is 13.9. The number of nitrogens with one attached hydrogen (secondary N) is 1. The van der Waals surface area contributed by atoms with Gasteiger partial charge in [0.15, 0.2) is 0 Å². The lowest BCUT2D eigenvalue weighted by atomic mass is 9.75. The van der Waals surface area contributed by atoms with E-state index in [2.05, 4.69) is 26.1 Å². The number of hydrogen-bond donors (Lipinski definition) is 1. The molecule has 6 nitrogen and oxygen atoms in total. The number of anilines is 2. The molecule has 0 unspecified atom stereocenters. The van der Waals surface area contributed by atoms with Gasteiger partial charge in [-0.05, 0) is 55.8 Å². The second-order valence-corrected chi connectivity index (χ2v) is 10.2.